The molecule has 0 amide bonds. The zero-order valence-corrected chi connectivity index (χ0v) is 9.70. The van der Waals surface area contributed by atoms with E-state index in [9.17, 15) is 14.4 Å². The van der Waals surface area contributed by atoms with Crippen molar-refractivity contribution in [3.05, 3.63) is 0 Å². The Morgan fingerprint density at radius 2 is 1.75 bits per heavy atom. The van der Waals surface area contributed by atoms with E-state index in [0.29, 0.717) is 12.8 Å². The molecular weight excluding hydrogens is 212 g/mol. The van der Waals surface area contributed by atoms with Gasteiger partial charge in [0, 0.05) is 0 Å². The van der Waals surface area contributed by atoms with Gasteiger partial charge in [0.15, 0.2) is 5.78 Å². The summed E-state index contributed by atoms with van der Waals surface area (Å²) in [6, 6.07) is 0. The van der Waals surface area contributed by atoms with Crippen LogP contribution in [0.4, 0.5) is 0 Å². The molecule has 1 rings (SSSR count). The predicted octanol–water partition coefficient (Wildman–Crippen LogP) is 1.01. The zero-order valence-electron chi connectivity index (χ0n) is 9.70. The summed E-state index contributed by atoms with van der Waals surface area (Å²) in [6.45, 7) is 2.83. The summed E-state index contributed by atoms with van der Waals surface area (Å²) >= 11 is 0. The molecular formula is C11H16O5. The molecule has 0 saturated heterocycles. The number of Topliss-reactive ketones (excluding diaryl/α,β-unsaturated/α-hetero) is 1. The molecule has 2 atom stereocenters. The van der Waals surface area contributed by atoms with Crippen molar-refractivity contribution >= 4 is 17.7 Å². The van der Waals surface area contributed by atoms with Gasteiger partial charge < -0.3 is 9.84 Å². The van der Waals surface area contributed by atoms with E-state index in [1.54, 1.807) is 0 Å². The number of carbonyl (C=O) groups excluding carboxylic acids is 2. The van der Waals surface area contributed by atoms with Gasteiger partial charge in [-0.2, -0.15) is 0 Å². The molecule has 5 nitrogen and oxygen atoms in total. The Morgan fingerprint density at radius 3 is 2.19 bits per heavy atom. The molecule has 1 fully saturated rings. The number of esters is 1. The summed E-state index contributed by atoms with van der Waals surface area (Å²) in [7, 11) is 1.20. The van der Waals surface area contributed by atoms with Crippen LogP contribution in [-0.2, 0) is 19.1 Å². The van der Waals surface area contributed by atoms with Crippen LogP contribution in [0.25, 0.3) is 0 Å². The van der Waals surface area contributed by atoms with Gasteiger partial charge in [0.25, 0.3) is 0 Å². The lowest BCUT2D eigenvalue weighted by atomic mass is 9.62. The second-order valence-corrected chi connectivity index (χ2v) is 4.64. The van der Waals surface area contributed by atoms with Gasteiger partial charge in [0.05, 0.1) is 7.11 Å². The van der Waals surface area contributed by atoms with Crippen LogP contribution in [0.5, 0.6) is 0 Å². The molecule has 0 heterocycles. The van der Waals surface area contributed by atoms with Crippen molar-refractivity contribution in [3.63, 3.8) is 0 Å². The Morgan fingerprint density at radius 1 is 1.25 bits per heavy atom. The first-order valence-corrected chi connectivity index (χ1v) is 5.16. The maximum absolute atomic E-state index is 12.1. The molecule has 0 aromatic heterocycles. The van der Waals surface area contributed by atoms with Gasteiger partial charge in [0.1, 0.15) is 10.8 Å². The Balaban J connectivity index is 3.13. The molecule has 1 aliphatic carbocycles. The third-order valence-electron chi connectivity index (χ3n) is 3.46. The minimum absolute atomic E-state index is 0.272. The van der Waals surface area contributed by atoms with Gasteiger partial charge in [-0.3, -0.25) is 14.4 Å². The largest absolute Gasteiger partial charge is 0.481 e. The lowest BCUT2D eigenvalue weighted by Gasteiger charge is -2.38. The van der Waals surface area contributed by atoms with E-state index in [1.165, 1.54) is 21.0 Å². The fourth-order valence-corrected chi connectivity index (χ4v) is 2.26. The average Bonchev–Trinajstić information content (AvgIpc) is 2.24. The van der Waals surface area contributed by atoms with Crippen LogP contribution in [-0.4, -0.2) is 29.9 Å². The standard InChI is InChI=1S/C11H16O5/c1-10(8(13)14)5-4-6-11(2,7(10)12)9(15)16-3/h4-6H2,1-3H3,(H,13,14)/t10-,11+/m0/s1. The number of ether oxygens (including phenoxy) is 1. The van der Waals surface area contributed by atoms with Gasteiger partial charge in [-0.25, -0.2) is 0 Å². The monoisotopic (exact) mass is 228 g/mol. The van der Waals surface area contributed by atoms with Crippen LogP contribution in [0.15, 0.2) is 0 Å². The molecule has 1 saturated carbocycles. The van der Waals surface area contributed by atoms with E-state index in [1.807, 2.05) is 0 Å². The molecule has 0 unspecified atom stereocenters. The van der Waals surface area contributed by atoms with Crippen LogP contribution < -0.4 is 0 Å². The maximum atomic E-state index is 12.1. The van der Waals surface area contributed by atoms with Gasteiger partial charge in [-0.05, 0) is 26.7 Å². The third-order valence-corrected chi connectivity index (χ3v) is 3.46. The van der Waals surface area contributed by atoms with Crippen LogP contribution in [0.3, 0.4) is 0 Å². The van der Waals surface area contributed by atoms with Gasteiger partial charge in [0.2, 0.25) is 0 Å². The highest BCUT2D eigenvalue weighted by atomic mass is 16.5. The first kappa shape index (κ1) is 12.7. The van der Waals surface area contributed by atoms with Crippen molar-refractivity contribution in [2.24, 2.45) is 10.8 Å². The van der Waals surface area contributed by atoms with Crippen molar-refractivity contribution in [1.82, 2.24) is 0 Å². The smallest absolute Gasteiger partial charge is 0.319 e. The lowest BCUT2D eigenvalue weighted by Crippen LogP contribution is -2.52. The molecule has 1 N–H and O–H groups in total. The average molecular weight is 228 g/mol. The highest BCUT2D eigenvalue weighted by Crippen LogP contribution is 2.43. The number of aliphatic carboxylic acids is 1. The molecule has 16 heavy (non-hydrogen) atoms. The summed E-state index contributed by atoms with van der Waals surface area (Å²) in [4.78, 5) is 34.8. The van der Waals surface area contributed by atoms with E-state index >= 15 is 0 Å². The number of methoxy groups -OCH3 is 1. The van der Waals surface area contributed by atoms with Crippen LogP contribution >= 0.6 is 0 Å². The van der Waals surface area contributed by atoms with Gasteiger partial charge in [-0.1, -0.05) is 6.42 Å². The second kappa shape index (κ2) is 3.88. The number of carboxylic acids is 1. The molecule has 0 aliphatic heterocycles. The molecule has 0 radical (unpaired) electrons. The van der Waals surface area contributed by atoms with Crippen molar-refractivity contribution in [2.45, 2.75) is 33.1 Å². The number of carboxylic acid groups (broad SMARTS) is 1. The first-order valence-electron chi connectivity index (χ1n) is 5.16. The van der Waals surface area contributed by atoms with Crippen molar-refractivity contribution < 1.29 is 24.2 Å². The Hall–Kier alpha value is -1.39. The predicted molar refractivity (Wildman–Crippen MR) is 54.7 cm³/mol. The van der Waals surface area contributed by atoms with Crippen molar-refractivity contribution in [2.75, 3.05) is 7.11 Å². The SMILES string of the molecule is COC(=O)[C@]1(C)CCC[C@](C)(C(=O)O)C1=O. The molecule has 0 spiro atoms. The summed E-state index contributed by atoms with van der Waals surface area (Å²) in [6.07, 6.45) is 1.15. The highest BCUT2D eigenvalue weighted by Gasteiger charge is 2.56. The van der Waals surface area contributed by atoms with E-state index in [2.05, 4.69) is 4.74 Å². The van der Waals surface area contributed by atoms with E-state index < -0.39 is 28.6 Å². The van der Waals surface area contributed by atoms with E-state index in [4.69, 9.17) is 5.11 Å². The minimum Gasteiger partial charge on any atom is -0.481 e. The summed E-state index contributed by atoms with van der Waals surface area (Å²) < 4.78 is 4.58. The van der Waals surface area contributed by atoms with Crippen LogP contribution in [0.1, 0.15) is 33.1 Å². The number of hydrogen-bond donors (Lipinski definition) is 1. The zero-order chi connectivity index (χ0) is 12.6. The molecule has 0 aromatic rings. The Labute approximate surface area is 93.8 Å². The quantitative estimate of drug-likeness (QED) is 0.563. The minimum atomic E-state index is -1.47. The van der Waals surface area contributed by atoms with E-state index in [0.717, 1.165) is 0 Å². The number of rotatable bonds is 2. The van der Waals surface area contributed by atoms with Crippen LogP contribution in [0.2, 0.25) is 0 Å². The molecule has 0 aromatic carbocycles. The molecule has 0 bridgehead atoms. The molecule has 90 valence electrons. The highest BCUT2D eigenvalue weighted by molar-refractivity contribution is 6.14. The second-order valence-electron chi connectivity index (χ2n) is 4.64. The van der Waals surface area contributed by atoms with Gasteiger partial charge >= 0.3 is 11.9 Å². The topological polar surface area (TPSA) is 80.7 Å². The van der Waals surface area contributed by atoms with Crippen molar-refractivity contribution in [3.8, 4) is 0 Å². The summed E-state index contributed by atoms with van der Waals surface area (Å²) in [5.41, 5.74) is -2.79. The molecule has 1 aliphatic rings. The van der Waals surface area contributed by atoms with Gasteiger partial charge in [-0.15, -0.1) is 0 Å². The number of ketones is 1. The first-order chi connectivity index (χ1) is 7.29. The fraction of sp³-hybridized carbons (Fsp3) is 0.727. The number of hydrogen-bond acceptors (Lipinski definition) is 4. The maximum Gasteiger partial charge on any atom is 0.319 e. The summed E-state index contributed by atoms with van der Waals surface area (Å²) in [5, 5.41) is 9.08. The summed E-state index contributed by atoms with van der Waals surface area (Å²) in [5.74, 6) is -2.37. The normalized spacial score (nSPS) is 34.6. The molecule has 5 heteroatoms. The fourth-order valence-electron chi connectivity index (χ4n) is 2.26. The number of carbonyl (C=O) groups is 3. The van der Waals surface area contributed by atoms with E-state index in [-0.39, 0.29) is 6.42 Å². The Bertz CT molecular complexity index is 348. The van der Waals surface area contributed by atoms with Crippen molar-refractivity contribution in [1.29, 1.82) is 0 Å². The Kier molecular flexibility index (Phi) is 3.08. The van der Waals surface area contributed by atoms with Crippen LogP contribution in [0, 0.1) is 10.8 Å². The third kappa shape index (κ3) is 1.60. The lowest BCUT2D eigenvalue weighted by molar-refractivity contribution is -0.169.